The average molecular weight is 261 g/mol. The van der Waals surface area contributed by atoms with Crippen molar-refractivity contribution in [3.63, 3.8) is 0 Å². The zero-order valence-corrected chi connectivity index (χ0v) is 11.3. The van der Waals surface area contributed by atoms with Crippen LogP contribution in [-0.2, 0) is 0 Å². The Morgan fingerprint density at radius 3 is 3.11 bits per heavy atom. The molecule has 6 heteroatoms. The minimum atomic E-state index is -0.267. The number of piperidine rings is 1. The first kappa shape index (κ1) is 12.3. The van der Waals surface area contributed by atoms with E-state index in [1.165, 1.54) is 6.33 Å². The smallest absolute Gasteiger partial charge is 0.254 e. The van der Waals surface area contributed by atoms with Crippen LogP contribution in [0.25, 0.3) is 5.78 Å². The highest BCUT2D eigenvalue weighted by Gasteiger charge is 2.25. The maximum absolute atomic E-state index is 9.80. The number of aryl methyl sites for hydroxylation is 1. The summed E-state index contributed by atoms with van der Waals surface area (Å²) in [6, 6.07) is 2.03. The second kappa shape index (κ2) is 4.77. The zero-order chi connectivity index (χ0) is 13.4. The molecule has 19 heavy (non-hydrogen) atoms. The molecule has 0 aliphatic carbocycles. The van der Waals surface area contributed by atoms with Crippen LogP contribution in [0.4, 0.5) is 5.82 Å². The van der Waals surface area contributed by atoms with Gasteiger partial charge in [0.2, 0.25) is 0 Å². The van der Waals surface area contributed by atoms with E-state index in [1.807, 2.05) is 19.9 Å². The number of hydrogen-bond acceptors (Lipinski definition) is 5. The van der Waals surface area contributed by atoms with E-state index < -0.39 is 0 Å². The van der Waals surface area contributed by atoms with Crippen molar-refractivity contribution in [1.29, 1.82) is 0 Å². The van der Waals surface area contributed by atoms with Crippen LogP contribution in [0.3, 0.4) is 0 Å². The molecule has 6 nitrogen and oxygen atoms in total. The van der Waals surface area contributed by atoms with E-state index in [2.05, 4.69) is 20.0 Å². The Hall–Kier alpha value is -1.69. The molecular weight excluding hydrogens is 242 g/mol. The van der Waals surface area contributed by atoms with Crippen LogP contribution in [0, 0.1) is 12.8 Å². The fraction of sp³-hybridized carbons (Fsp3) is 0.615. The normalized spacial score (nSPS) is 21.8. The molecule has 1 aliphatic heterocycles. The fourth-order valence-electron chi connectivity index (χ4n) is 2.75. The lowest BCUT2D eigenvalue weighted by Crippen LogP contribution is -2.40. The summed E-state index contributed by atoms with van der Waals surface area (Å²) in [7, 11) is 0. The van der Waals surface area contributed by atoms with Gasteiger partial charge in [-0.05, 0) is 26.7 Å². The van der Waals surface area contributed by atoms with Crippen molar-refractivity contribution >= 4 is 11.6 Å². The van der Waals surface area contributed by atoms with Crippen molar-refractivity contribution < 1.29 is 5.11 Å². The number of aromatic nitrogens is 4. The predicted molar refractivity (Wildman–Crippen MR) is 72.1 cm³/mol. The second-order valence-corrected chi connectivity index (χ2v) is 5.32. The van der Waals surface area contributed by atoms with Crippen LogP contribution >= 0.6 is 0 Å². The number of hydrogen-bond donors (Lipinski definition) is 1. The summed E-state index contributed by atoms with van der Waals surface area (Å²) in [6.45, 7) is 5.68. The molecule has 2 aromatic rings. The molecule has 1 aliphatic rings. The molecule has 0 amide bonds. The third-order valence-corrected chi connectivity index (χ3v) is 3.83. The summed E-state index contributed by atoms with van der Waals surface area (Å²) in [6.07, 6.45) is 3.43. The molecule has 1 saturated heterocycles. The van der Waals surface area contributed by atoms with Gasteiger partial charge in [0.15, 0.2) is 0 Å². The third-order valence-electron chi connectivity index (χ3n) is 3.83. The van der Waals surface area contributed by atoms with Crippen molar-refractivity contribution in [3.05, 3.63) is 18.1 Å². The third kappa shape index (κ3) is 2.28. The molecule has 2 aromatic heterocycles. The predicted octanol–water partition coefficient (Wildman–Crippen LogP) is 1.03. The van der Waals surface area contributed by atoms with Gasteiger partial charge in [0.05, 0.1) is 6.10 Å². The van der Waals surface area contributed by atoms with Gasteiger partial charge in [-0.2, -0.15) is 14.6 Å². The average Bonchev–Trinajstić information content (AvgIpc) is 2.85. The summed E-state index contributed by atoms with van der Waals surface area (Å²) in [5.41, 5.74) is 0.940. The van der Waals surface area contributed by atoms with Crippen molar-refractivity contribution in [3.8, 4) is 0 Å². The molecule has 0 bridgehead atoms. The number of aliphatic hydroxyl groups is 1. The number of rotatable bonds is 2. The maximum Gasteiger partial charge on any atom is 0.254 e. The topological polar surface area (TPSA) is 66.5 Å². The van der Waals surface area contributed by atoms with Crippen molar-refractivity contribution in [2.45, 2.75) is 32.8 Å². The highest BCUT2D eigenvalue weighted by Crippen LogP contribution is 2.25. The molecule has 102 valence electrons. The first-order valence-electron chi connectivity index (χ1n) is 6.75. The van der Waals surface area contributed by atoms with Crippen LogP contribution in [0.15, 0.2) is 12.4 Å². The standard InChI is InChI=1S/C13H19N5O/c1-9-6-12(18-13(16-9)14-8-15-18)17-5-3-4-11(7-17)10(2)19/h6,8,10-11,19H,3-5,7H2,1-2H3. The van der Waals surface area contributed by atoms with Gasteiger partial charge < -0.3 is 10.0 Å². The minimum absolute atomic E-state index is 0.267. The SMILES string of the molecule is Cc1cc(N2CCCC(C(C)O)C2)n2ncnc2n1. The lowest BCUT2D eigenvalue weighted by atomic mass is 9.93. The summed E-state index contributed by atoms with van der Waals surface area (Å²) in [4.78, 5) is 10.8. The Labute approximate surface area is 112 Å². The van der Waals surface area contributed by atoms with E-state index in [0.29, 0.717) is 11.7 Å². The van der Waals surface area contributed by atoms with Crippen LogP contribution in [0.2, 0.25) is 0 Å². The lowest BCUT2D eigenvalue weighted by molar-refractivity contribution is 0.115. The van der Waals surface area contributed by atoms with Crippen LogP contribution in [0.5, 0.6) is 0 Å². The minimum Gasteiger partial charge on any atom is -0.393 e. The summed E-state index contributed by atoms with van der Waals surface area (Å²) in [5, 5.41) is 14.0. The Morgan fingerprint density at radius 1 is 1.47 bits per heavy atom. The molecular formula is C13H19N5O. The largest absolute Gasteiger partial charge is 0.393 e. The number of nitrogens with zero attached hydrogens (tertiary/aromatic N) is 5. The van der Waals surface area contributed by atoms with E-state index in [0.717, 1.165) is 37.4 Å². The molecule has 1 N–H and O–H groups in total. The van der Waals surface area contributed by atoms with Gasteiger partial charge in [-0.15, -0.1) is 0 Å². The Morgan fingerprint density at radius 2 is 2.32 bits per heavy atom. The van der Waals surface area contributed by atoms with Gasteiger partial charge in [-0.1, -0.05) is 0 Å². The summed E-state index contributed by atoms with van der Waals surface area (Å²) in [5.74, 6) is 1.97. The Balaban J connectivity index is 1.97. The maximum atomic E-state index is 9.80. The highest BCUT2D eigenvalue weighted by molar-refractivity contribution is 5.47. The summed E-state index contributed by atoms with van der Waals surface area (Å²) < 4.78 is 1.78. The fourth-order valence-corrected chi connectivity index (χ4v) is 2.75. The van der Waals surface area contributed by atoms with Gasteiger partial charge in [-0.3, -0.25) is 0 Å². The Kier molecular flexibility index (Phi) is 3.10. The van der Waals surface area contributed by atoms with E-state index in [-0.39, 0.29) is 6.10 Å². The quantitative estimate of drug-likeness (QED) is 0.874. The zero-order valence-electron chi connectivity index (χ0n) is 11.3. The highest BCUT2D eigenvalue weighted by atomic mass is 16.3. The molecule has 1 fully saturated rings. The van der Waals surface area contributed by atoms with Crippen molar-refractivity contribution in [1.82, 2.24) is 19.6 Å². The number of fused-ring (bicyclic) bond motifs is 1. The van der Waals surface area contributed by atoms with Gasteiger partial charge >= 0.3 is 0 Å². The molecule has 0 saturated carbocycles. The monoisotopic (exact) mass is 261 g/mol. The van der Waals surface area contributed by atoms with Gasteiger partial charge in [-0.25, -0.2) is 4.98 Å². The van der Waals surface area contributed by atoms with E-state index >= 15 is 0 Å². The number of anilines is 1. The second-order valence-electron chi connectivity index (χ2n) is 5.32. The lowest BCUT2D eigenvalue weighted by Gasteiger charge is -2.35. The van der Waals surface area contributed by atoms with Crippen LogP contribution < -0.4 is 4.90 Å². The molecule has 0 radical (unpaired) electrons. The molecule has 2 unspecified atom stereocenters. The van der Waals surface area contributed by atoms with E-state index in [9.17, 15) is 5.11 Å². The summed E-state index contributed by atoms with van der Waals surface area (Å²) >= 11 is 0. The van der Waals surface area contributed by atoms with Crippen LogP contribution in [-0.4, -0.2) is 43.9 Å². The molecule has 0 aromatic carbocycles. The Bertz CT molecular complexity index is 579. The van der Waals surface area contributed by atoms with E-state index in [4.69, 9.17) is 0 Å². The van der Waals surface area contributed by atoms with Crippen molar-refractivity contribution in [2.24, 2.45) is 5.92 Å². The first-order chi connectivity index (χ1) is 9.15. The molecule has 2 atom stereocenters. The van der Waals surface area contributed by atoms with Gasteiger partial charge in [0.25, 0.3) is 5.78 Å². The van der Waals surface area contributed by atoms with Gasteiger partial charge in [0, 0.05) is 30.8 Å². The van der Waals surface area contributed by atoms with Crippen LogP contribution in [0.1, 0.15) is 25.5 Å². The van der Waals surface area contributed by atoms with Gasteiger partial charge in [0.1, 0.15) is 12.1 Å². The first-order valence-corrected chi connectivity index (χ1v) is 6.75. The molecule has 3 rings (SSSR count). The molecule has 0 spiro atoms. The molecule has 3 heterocycles. The number of aliphatic hydroxyl groups excluding tert-OH is 1. The van der Waals surface area contributed by atoms with E-state index in [1.54, 1.807) is 4.52 Å². The van der Waals surface area contributed by atoms with Crippen molar-refractivity contribution in [2.75, 3.05) is 18.0 Å².